The maximum absolute atomic E-state index is 2.70. The number of nitrogens with zero attached hydrogens (tertiary/aromatic N) is 2. The van der Waals surface area contributed by atoms with E-state index < -0.39 is 0 Å². The molecule has 0 spiro atoms. The zero-order chi connectivity index (χ0) is 12.1. The first-order valence-corrected chi connectivity index (χ1v) is 7.02. The van der Waals surface area contributed by atoms with Crippen molar-refractivity contribution in [1.29, 1.82) is 0 Å². The Kier molecular flexibility index (Phi) is 5.77. The van der Waals surface area contributed by atoms with Gasteiger partial charge in [-0.05, 0) is 45.7 Å². The molecule has 2 heteroatoms. The molecule has 2 nitrogen and oxygen atoms in total. The summed E-state index contributed by atoms with van der Waals surface area (Å²) >= 11 is 0. The lowest BCUT2D eigenvalue weighted by atomic mass is 10.0. The molecule has 1 aliphatic heterocycles. The summed E-state index contributed by atoms with van der Waals surface area (Å²) in [7, 11) is 0. The van der Waals surface area contributed by atoms with Crippen molar-refractivity contribution in [1.82, 2.24) is 9.80 Å². The maximum Gasteiger partial charge on any atom is 0.0198 e. The molecule has 0 amide bonds. The second-order valence-electron chi connectivity index (χ2n) is 5.82. The van der Waals surface area contributed by atoms with Crippen molar-refractivity contribution in [2.75, 3.05) is 26.2 Å². The molecular formula is C14H30N2. The van der Waals surface area contributed by atoms with Crippen molar-refractivity contribution < 1.29 is 0 Å². The predicted molar refractivity (Wildman–Crippen MR) is 71.8 cm³/mol. The van der Waals surface area contributed by atoms with E-state index in [2.05, 4.69) is 44.4 Å². The van der Waals surface area contributed by atoms with Crippen LogP contribution in [0.25, 0.3) is 0 Å². The van der Waals surface area contributed by atoms with E-state index in [1.165, 1.54) is 39.0 Å². The summed E-state index contributed by atoms with van der Waals surface area (Å²) < 4.78 is 0. The highest BCUT2D eigenvalue weighted by Crippen LogP contribution is 2.17. The second-order valence-corrected chi connectivity index (χ2v) is 5.82. The number of rotatable bonds is 5. The van der Waals surface area contributed by atoms with Gasteiger partial charge in [-0.15, -0.1) is 0 Å². The summed E-state index contributed by atoms with van der Waals surface area (Å²) in [5.41, 5.74) is 0. The van der Waals surface area contributed by atoms with E-state index >= 15 is 0 Å². The number of piperazine rings is 1. The Morgan fingerprint density at radius 2 is 1.69 bits per heavy atom. The maximum atomic E-state index is 2.70. The zero-order valence-electron chi connectivity index (χ0n) is 11.9. The molecular weight excluding hydrogens is 196 g/mol. The van der Waals surface area contributed by atoms with Gasteiger partial charge in [0, 0.05) is 25.2 Å². The van der Waals surface area contributed by atoms with E-state index in [1.54, 1.807) is 0 Å². The number of hydrogen-bond acceptors (Lipinski definition) is 2. The standard InChI is InChI=1S/C14H30N2/c1-6-15-10-13(4)16(14(5)11-15)9-7-8-12(2)3/h12-14H,6-11H2,1-5H3. The van der Waals surface area contributed by atoms with Gasteiger partial charge >= 0.3 is 0 Å². The number of likely N-dealkylation sites (N-methyl/N-ethyl adjacent to an activating group) is 1. The highest BCUT2D eigenvalue weighted by Gasteiger charge is 2.27. The fraction of sp³-hybridized carbons (Fsp3) is 1.00. The van der Waals surface area contributed by atoms with E-state index in [1.807, 2.05) is 0 Å². The van der Waals surface area contributed by atoms with Crippen LogP contribution in [0.4, 0.5) is 0 Å². The zero-order valence-corrected chi connectivity index (χ0v) is 11.9. The summed E-state index contributed by atoms with van der Waals surface area (Å²) in [4.78, 5) is 5.28. The van der Waals surface area contributed by atoms with Crippen molar-refractivity contribution in [2.24, 2.45) is 5.92 Å². The van der Waals surface area contributed by atoms with Gasteiger partial charge in [-0.25, -0.2) is 0 Å². The minimum atomic E-state index is 0.732. The third-order valence-electron chi connectivity index (χ3n) is 3.82. The summed E-state index contributed by atoms with van der Waals surface area (Å²) in [5.74, 6) is 0.850. The van der Waals surface area contributed by atoms with Crippen LogP contribution in [0.2, 0.25) is 0 Å². The van der Waals surface area contributed by atoms with Crippen molar-refractivity contribution in [3.05, 3.63) is 0 Å². The van der Waals surface area contributed by atoms with Gasteiger partial charge in [-0.3, -0.25) is 4.90 Å². The first-order valence-electron chi connectivity index (χ1n) is 7.02. The highest BCUT2D eigenvalue weighted by atomic mass is 15.3. The SMILES string of the molecule is CCN1CC(C)N(CCCC(C)C)C(C)C1. The molecule has 0 saturated carbocycles. The highest BCUT2D eigenvalue weighted by molar-refractivity contribution is 4.84. The molecule has 0 radical (unpaired) electrons. The lowest BCUT2D eigenvalue weighted by Gasteiger charge is -2.44. The Morgan fingerprint density at radius 3 is 2.12 bits per heavy atom. The van der Waals surface area contributed by atoms with Gasteiger partial charge in [-0.2, -0.15) is 0 Å². The predicted octanol–water partition coefficient (Wildman–Crippen LogP) is 2.84. The lowest BCUT2D eigenvalue weighted by Crippen LogP contribution is -2.56. The average molecular weight is 226 g/mol. The fourth-order valence-corrected chi connectivity index (χ4v) is 2.85. The molecule has 2 atom stereocenters. The van der Waals surface area contributed by atoms with E-state index in [0.29, 0.717) is 0 Å². The molecule has 0 aromatic carbocycles. The summed E-state index contributed by atoms with van der Waals surface area (Å²) in [5, 5.41) is 0. The quantitative estimate of drug-likeness (QED) is 0.711. The third kappa shape index (κ3) is 4.06. The Labute approximate surface area is 102 Å². The van der Waals surface area contributed by atoms with Gasteiger partial charge < -0.3 is 4.90 Å². The van der Waals surface area contributed by atoms with Crippen LogP contribution in [0, 0.1) is 5.92 Å². The van der Waals surface area contributed by atoms with Gasteiger partial charge in [0.2, 0.25) is 0 Å². The number of hydrogen-bond donors (Lipinski definition) is 0. The minimum absolute atomic E-state index is 0.732. The molecule has 0 aromatic rings. The Hall–Kier alpha value is -0.0800. The molecule has 2 unspecified atom stereocenters. The molecule has 96 valence electrons. The van der Waals surface area contributed by atoms with E-state index in [0.717, 1.165) is 18.0 Å². The van der Waals surface area contributed by atoms with E-state index in [-0.39, 0.29) is 0 Å². The van der Waals surface area contributed by atoms with Gasteiger partial charge in [-0.1, -0.05) is 20.8 Å². The van der Waals surface area contributed by atoms with Crippen LogP contribution < -0.4 is 0 Å². The first kappa shape index (κ1) is 14.0. The molecule has 16 heavy (non-hydrogen) atoms. The topological polar surface area (TPSA) is 6.48 Å². The summed E-state index contributed by atoms with van der Waals surface area (Å²) in [6.45, 7) is 16.7. The van der Waals surface area contributed by atoms with Gasteiger partial charge in [0.25, 0.3) is 0 Å². The van der Waals surface area contributed by atoms with Crippen molar-refractivity contribution in [3.8, 4) is 0 Å². The normalized spacial score (nSPS) is 28.9. The van der Waals surface area contributed by atoms with Crippen LogP contribution >= 0.6 is 0 Å². The van der Waals surface area contributed by atoms with Gasteiger partial charge in [0.15, 0.2) is 0 Å². The van der Waals surface area contributed by atoms with Crippen LogP contribution in [0.5, 0.6) is 0 Å². The smallest absolute Gasteiger partial charge is 0.0198 e. The lowest BCUT2D eigenvalue weighted by molar-refractivity contribution is 0.0399. The van der Waals surface area contributed by atoms with Crippen molar-refractivity contribution >= 4 is 0 Å². The molecule has 1 heterocycles. The van der Waals surface area contributed by atoms with Crippen molar-refractivity contribution in [2.45, 2.75) is 59.5 Å². The Balaban J connectivity index is 2.35. The van der Waals surface area contributed by atoms with Crippen molar-refractivity contribution in [3.63, 3.8) is 0 Å². The van der Waals surface area contributed by atoms with Gasteiger partial charge in [0.05, 0.1) is 0 Å². The Morgan fingerprint density at radius 1 is 1.12 bits per heavy atom. The molecule has 0 aromatic heterocycles. The van der Waals surface area contributed by atoms with E-state index in [4.69, 9.17) is 0 Å². The van der Waals surface area contributed by atoms with Crippen LogP contribution in [0.1, 0.15) is 47.5 Å². The van der Waals surface area contributed by atoms with E-state index in [9.17, 15) is 0 Å². The molecule has 0 aliphatic carbocycles. The average Bonchev–Trinajstić information content (AvgIpc) is 2.21. The molecule has 1 rings (SSSR count). The fourth-order valence-electron chi connectivity index (χ4n) is 2.85. The van der Waals surface area contributed by atoms with Crippen LogP contribution in [0.15, 0.2) is 0 Å². The largest absolute Gasteiger partial charge is 0.301 e. The second kappa shape index (κ2) is 6.61. The van der Waals surface area contributed by atoms with Gasteiger partial charge in [0.1, 0.15) is 0 Å². The molecule has 0 bridgehead atoms. The summed E-state index contributed by atoms with van der Waals surface area (Å²) in [6, 6.07) is 1.46. The van der Waals surface area contributed by atoms with Crippen LogP contribution in [-0.4, -0.2) is 48.1 Å². The molecule has 0 N–H and O–H groups in total. The minimum Gasteiger partial charge on any atom is -0.301 e. The van der Waals surface area contributed by atoms with Crippen LogP contribution in [-0.2, 0) is 0 Å². The Bertz CT molecular complexity index is 179. The molecule has 1 fully saturated rings. The van der Waals surface area contributed by atoms with Crippen LogP contribution in [0.3, 0.4) is 0 Å². The monoisotopic (exact) mass is 226 g/mol. The first-order chi connectivity index (χ1) is 7.54. The third-order valence-corrected chi connectivity index (χ3v) is 3.82. The summed E-state index contributed by atoms with van der Waals surface area (Å²) in [6.07, 6.45) is 2.73. The molecule has 1 saturated heterocycles. The molecule has 1 aliphatic rings.